The predicted octanol–water partition coefficient (Wildman–Crippen LogP) is 3.58. The van der Waals surface area contributed by atoms with E-state index in [2.05, 4.69) is 16.5 Å². The van der Waals surface area contributed by atoms with E-state index in [0.29, 0.717) is 36.7 Å². The molecule has 0 radical (unpaired) electrons. The Morgan fingerprint density at radius 1 is 1.06 bits per heavy atom. The molecule has 0 aliphatic carbocycles. The highest BCUT2D eigenvalue weighted by molar-refractivity contribution is 6.07. The molecule has 0 saturated carbocycles. The van der Waals surface area contributed by atoms with Crippen molar-refractivity contribution < 1.29 is 19.1 Å². The van der Waals surface area contributed by atoms with Gasteiger partial charge in [0.25, 0.3) is 11.8 Å². The van der Waals surface area contributed by atoms with E-state index in [1.54, 1.807) is 23.6 Å². The quantitative estimate of drug-likeness (QED) is 0.416. The van der Waals surface area contributed by atoms with Crippen molar-refractivity contribution in [2.75, 3.05) is 26.2 Å². The first-order chi connectivity index (χ1) is 16.8. The van der Waals surface area contributed by atoms with E-state index in [1.165, 1.54) is 6.08 Å². The molecule has 0 bridgehead atoms. The lowest BCUT2D eigenvalue weighted by molar-refractivity contribution is 0.0408. The van der Waals surface area contributed by atoms with Gasteiger partial charge in [-0.2, -0.15) is 0 Å². The van der Waals surface area contributed by atoms with Crippen molar-refractivity contribution in [1.82, 2.24) is 19.8 Å². The van der Waals surface area contributed by atoms with E-state index in [0.717, 1.165) is 10.8 Å². The number of rotatable bonds is 5. The van der Waals surface area contributed by atoms with Gasteiger partial charge in [0.1, 0.15) is 23.7 Å². The lowest BCUT2D eigenvalue weighted by Crippen LogP contribution is -2.55. The standard InChI is InChI=1S/C27H28N4O4/c1-5-15-35-27(34)23-18(3)28-19(4)29-24(23)26(33)30-13-14-31(17(2)16-30)25(32)22-12-8-10-20-9-6-7-11-21(20)22/h5-12,17H,1,13-16H2,2-4H3. The van der Waals surface area contributed by atoms with Crippen LogP contribution in [-0.4, -0.2) is 69.8 Å². The van der Waals surface area contributed by atoms with Crippen molar-refractivity contribution in [2.45, 2.75) is 26.8 Å². The molecular formula is C27H28N4O4. The fourth-order valence-corrected chi connectivity index (χ4v) is 4.48. The summed E-state index contributed by atoms with van der Waals surface area (Å²) >= 11 is 0. The molecule has 0 spiro atoms. The highest BCUT2D eigenvalue weighted by Gasteiger charge is 2.34. The van der Waals surface area contributed by atoms with Crippen LogP contribution in [0.5, 0.6) is 0 Å². The van der Waals surface area contributed by atoms with Crippen LogP contribution in [0.4, 0.5) is 0 Å². The number of nitrogens with zero attached hydrogens (tertiary/aromatic N) is 4. The number of esters is 1. The summed E-state index contributed by atoms with van der Waals surface area (Å²) in [6.45, 7) is 9.82. The molecule has 180 valence electrons. The molecular weight excluding hydrogens is 444 g/mol. The van der Waals surface area contributed by atoms with Crippen molar-refractivity contribution in [3.8, 4) is 0 Å². The third kappa shape index (κ3) is 4.77. The molecule has 1 aliphatic heterocycles. The minimum atomic E-state index is -0.663. The topological polar surface area (TPSA) is 92.7 Å². The zero-order valence-electron chi connectivity index (χ0n) is 20.2. The van der Waals surface area contributed by atoms with Crippen molar-refractivity contribution in [3.05, 3.63) is 83.5 Å². The molecule has 0 N–H and O–H groups in total. The van der Waals surface area contributed by atoms with Crippen molar-refractivity contribution in [2.24, 2.45) is 0 Å². The van der Waals surface area contributed by atoms with Gasteiger partial charge in [-0.05, 0) is 37.6 Å². The van der Waals surface area contributed by atoms with Gasteiger partial charge in [0.05, 0.1) is 5.69 Å². The molecule has 1 atom stereocenters. The highest BCUT2D eigenvalue weighted by atomic mass is 16.5. The molecule has 8 heteroatoms. The number of aromatic nitrogens is 2. The van der Waals surface area contributed by atoms with Crippen molar-refractivity contribution in [1.29, 1.82) is 0 Å². The lowest BCUT2D eigenvalue weighted by atomic mass is 10.0. The molecule has 4 rings (SSSR count). The minimum Gasteiger partial charge on any atom is -0.458 e. The number of piperazine rings is 1. The number of ether oxygens (including phenoxy) is 1. The van der Waals surface area contributed by atoms with Gasteiger partial charge in [-0.15, -0.1) is 0 Å². The SMILES string of the molecule is C=CCOC(=O)c1c(C)nc(C)nc1C(=O)N1CCN(C(=O)c2cccc3ccccc23)C(C)C1. The summed E-state index contributed by atoms with van der Waals surface area (Å²) < 4.78 is 5.17. The van der Waals surface area contributed by atoms with E-state index in [4.69, 9.17) is 4.74 Å². The highest BCUT2D eigenvalue weighted by Crippen LogP contribution is 2.23. The van der Waals surface area contributed by atoms with Gasteiger partial charge in [-0.3, -0.25) is 9.59 Å². The van der Waals surface area contributed by atoms with E-state index in [1.807, 2.05) is 49.4 Å². The minimum absolute atomic E-state index is 0.0186. The number of aryl methyl sites for hydroxylation is 2. The molecule has 1 aliphatic rings. The molecule has 1 fully saturated rings. The molecule has 2 heterocycles. The van der Waals surface area contributed by atoms with Gasteiger partial charge in [0, 0.05) is 31.2 Å². The third-order valence-electron chi connectivity index (χ3n) is 6.14. The first-order valence-corrected chi connectivity index (χ1v) is 11.5. The van der Waals surface area contributed by atoms with Crippen LogP contribution in [-0.2, 0) is 4.74 Å². The summed E-state index contributed by atoms with van der Waals surface area (Å²) in [7, 11) is 0. The number of hydrogen-bond acceptors (Lipinski definition) is 6. The van der Waals surface area contributed by atoms with Gasteiger partial charge in [0.15, 0.2) is 0 Å². The van der Waals surface area contributed by atoms with Crippen molar-refractivity contribution in [3.63, 3.8) is 0 Å². The second kappa shape index (κ2) is 10.0. The summed E-state index contributed by atoms with van der Waals surface area (Å²) in [4.78, 5) is 51.5. The van der Waals surface area contributed by atoms with E-state index >= 15 is 0 Å². The number of benzene rings is 2. The molecule has 35 heavy (non-hydrogen) atoms. The van der Waals surface area contributed by atoms with Gasteiger partial charge in [0.2, 0.25) is 0 Å². The average Bonchev–Trinajstić information content (AvgIpc) is 2.85. The molecule has 1 saturated heterocycles. The number of amides is 2. The Balaban J connectivity index is 1.56. The largest absolute Gasteiger partial charge is 0.458 e. The van der Waals surface area contributed by atoms with Gasteiger partial charge in [-0.1, -0.05) is 49.1 Å². The Bertz CT molecular complexity index is 1310. The summed E-state index contributed by atoms with van der Waals surface area (Å²) in [5.74, 6) is -0.718. The maximum absolute atomic E-state index is 13.5. The van der Waals surface area contributed by atoms with Crippen LogP contribution in [0.3, 0.4) is 0 Å². The Hall–Kier alpha value is -4.07. The van der Waals surface area contributed by atoms with Gasteiger partial charge < -0.3 is 14.5 Å². The maximum atomic E-state index is 13.5. The molecule has 1 unspecified atom stereocenters. The van der Waals surface area contributed by atoms with Gasteiger partial charge >= 0.3 is 5.97 Å². The fourth-order valence-electron chi connectivity index (χ4n) is 4.48. The zero-order valence-corrected chi connectivity index (χ0v) is 20.2. The van der Waals surface area contributed by atoms with Crippen LogP contribution in [0.25, 0.3) is 10.8 Å². The fraction of sp³-hybridized carbons (Fsp3) is 0.296. The van der Waals surface area contributed by atoms with Crippen molar-refractivity contribution >= 4 is 28.6 Å². The first-order valence-electron chi connectivity index (χ1n) is 11.5. The third-order valence-corrected chi connectivity index (χ3v) is 6.14. The van der Waals surface area contributed by atoms with Gasteiger partial charge in [-0.25, -0.2) is 14.8 Å². The monoisotopic (exact) mass is 472 g/mol. The smallest absolute Gasteiger partial charge is 0.342 e. The molecule has 3 aromatic rings. The second-order valence-electron chi connectivity index (χ2n) is 8.59. The lowest BCUT2D eigenvalue weighted by Gasteiger charge is -2.40. The summed E-state index contributed by atoms with van der Waals surface area (Å²) in [6, 6.07) is 13.3. The van der Waals surface area contributed by atoms with E-state index in [9.17, 15) is 14.4 Å². The second-order valence-corrected chi connectivity index (χ2v) is 8.59. The first kappa shape index (κ1) is 24.1. The molecule has 8 nitrogen and oxygen atoms in total. The van der Waals surface area contributed by atoms with E-state index < -0.39 is 5.97 Å². The van der Waals surface area contributed by atoms with Crippen LogP contribution in [0.1, 0.15) is 49.6 Å². The van der Waals surface area contributed by atoms with Crippen LogP contribution >= 0.6 is 0 Å². The molecule has 1 aromatic heterocycles. The summed E-state index contributed by atoms with van der Waals surface area (Å²) in [5, 5.41) is 1.91. The Labute approximate surface area is 204 Å². The van der Waals surface area contributed by atoms with Crippen LogP contribution in [0.2, 0.25) is 0 Å². The maximum Gasteiger partial charge on any atom is 0.342 e. The number of hydrogen-bond donors (Lipinski definition) is 0. The van der Waals surface area contributed by atoms with Crippen LogP contribution in [0, 0.1) is 13.8 Å². The predicted molar refractivity (Wildman–Crippen MR) is 132 cm³/mol. The Morgan fingerprint density at radius 2 is 1.80 bits per heavy atom. The average molecular weight is 473 g/mol. The summed E-state index contributed by atoms with van der Waals surface area (Å²) in [5.41, 5.74) is 1.10. The zero-order chi connectivity index (χ0) is 25.1. The van der Waals surface area contributed by atoms with E-state index in [-0.39, 0.29) is 35.7 Å². The number of carbonyl (C=O) groups is 3. The summed E-state index contributed by atoms with van der Waals surface area (Å²) in [6.07, 6.45) is 1.46. The normalized spacial score (nSPS) is 15.7. The Morgan fingerprint density at radius 3 is 2.54 bits per heavy atom. The Kier molecular flexibility index (Phi) is 6.91. The molecule has 2 amide bonds. The molecule has 2 aromatic carbocycles. The van der Waals surface area contributed by atoms with Crippen LogP contribution < -0.4 is 0 Å². The number of carbonyl (C=O) groups excluding carboxylic acids is 3. The van der Waals surface area contributed by atoms with Crippen LogP contribution in [0.15, 0.2) is 55.1 Å². The number of fused-ring (bicyclic) bond motifs is 1.